The van der Waals surface area contributed by atoms with Crippen molar-refractivity contribution in [2.75, 3.05) is 0 Å². The Morgan fingerprint density at radius 3 is 2.69 bits per heavy atom. The molecule has 84 valence electrons. The number of ether oxygens (including phenoxy) is 1. The summed E-state index contributed by atoms with van der Waals surface area (Å²) in [4.78, 5) is 0. The van der Waals surface area contributed by atoms with Crippen molar-refractivity contribution >= 4 is 23.1 Å². The van der Waals surface area contributed by atoms with Crippen LogP contribution in [0.4, 0.5) is 4.39 Å². The van der Waals surface area contributed by atoms with E-state index in [9.17, 15) is 4.39 Å². The Hall–Kier alpha value is 0.356. The molecule has 0 unspecified atom stereocenters. The van der Waals surface area contributed by atoms with Crippen molar-refractivity contribution in [1.29, 1.82) is 0 Å². The Labute approximate surface area is 123 Å². The van der Waals surface area contributed by atoms with Gasteiger partial charge in [-0.05, 0) is 12.8 Å². The van der Waals surface area contributed by atoms with Crippen LogP contribution in [0.15, 0.2) is 18.2 Å². The van der Waals surface area contributed by atoms with Gasteiger partial charge in [0.1, 0.15) is 0 Å². The zero-order valence-electron chi connectivity index (χ0n) is 9.22. The second-order valence-corrected chi connectivity index (χ2v) is 3.73. The number of rotatable bonds is 3. The van der Waals surface area contributed by atoms with E-state index in [1.807, 2.05) is 0 Å². The van der Waals surface area contributed by atoms with Gasteiger partial charge in [0.2, 0.25) is 0 Å². The number of hydrogen-bond acceptors (Lipinski definition) is 1. The summed E-state index contributed by atoms with van der Waals surface area (Å²) in [5.41, 5.74) is 0.635. The Morgan fingerprint density at radius 2 is 2.06 bits per heavy atom. The first-order chi connectivity index (χ1) is 6.86. The molecule has 0 atom stereocenters. The van der Waals surface area contributed by atoms with E-state index in [0.717, 1.165) is 12.8 Å². The molecule has 2 rings (SSSR count). The summed E-state index contributed by atoms with van der Waals surface area (Å²) in [6, 6.07) is 7.50. The molecule has 1 saturated carbocycles. The molecule has 16 heavy (non-hydrogen) atoms. The molecule has 4 heteroatoms. The van der Waals surface area contributed by atoms with Crippen LogP contribution in [0.1, 0.15) is 31.2 Å². The standard InChI is InChI=1S/C12H14FO.BrH.Mg/c13-12-8-4-1-5-10(12)9-14-11-6-2-3-7-11;;/h1,5,8,11H,2-3,6-7,9H2;1H;/q-1;;+2/p-1. The zero-order chi connectivity index (χ0) is 9.80. The van der Waals surface area contributed by atoms with Crippen LogP contribution in [0.25, 0.3) is 0 Å². The van der Waals surface area contributed by atoms with E-state index in [1.54, 1.807) is 12.1 Å². The second kappa shape index (κ2) is 8.45. The molecule has 1 aliphatic carbocycles. The molecule has 0 saturated heterocycles. The maximum absolute atomic E-state index is 13.2. The van der Waals surface area contributed by atoms with E-state index in [4.69, 9.17) is 4.74 Å². The van der Waals surface area contributed by atoms with Gasteiger partial charge in [-0.1, -0.05) is 18.4 Å². The Balaban J connectivity index is 0.00000112. The van der Waals surface area contributed by atoms with Gasteiger partial charge in [-0.2, -0.15) is 18.2 Å². The van der Waals surface area contributed by atoms with Crippen LogP contribution in [0.3, 0.4) is 0 Å². The van der Waals surface area contributed by atoms with Crippen molar-refractivity contribution < 1.29 is 26.1 Å². The van der Waals surface area contributed by atoms with Gasteiger partial charge in [0.15, 0.2) is 0 Å². The molecule has 0 amide bonds. The average Bonchev–Trinajstić information content (AvgIpc) is 2.69. The normalized spacial score (nSPS) is 15.3. The molecular formula is C12H14BrFMgO. The number of benzene rings is 1. The first-order valence-electron chi connectivity index (χ1n) is 5.12. The third-order valence-electron chi connectivity index (χ3n) is 2.67. The minimum Gasteiger partial charge on any atom is -1.00 e. The average molecular weight is 297 g/mol. The summed E-state index contributed by atoms with van der Waals surface area (Å²) < 4.78 is 18.8. The number of hydrogen-bond donors (Lipinski definition) is 0. The Kier molecular flexibility index (Phi) is 8.64. The predicted molar refractivity (Wildman–Crippen MR) is 58.0 cm³/mol. The zero-order valence-corrected chi connectivity index (χ0v) is 12.2. The largest absolute Gasteiger partial charge is 2.00 e. The molecule has 1 fully saturated rings. The van der Waals surface area contributed by atoms with Crippen LogP contribution in [0.5, 0.6) is 0 Å². The molecule has 0 bridgehead atoms. The van der Waals surface area contributed by atoms with E-state index in [1.165, 1.54) is 18.9 Å². The van der Waals surface area contributed by atoms with Gasteiger partial charge in [-0.15, -0.1) is 6.07 Å². The summed E-state index contributed by atoms with van der Waals surface area (Å²) in [6.07, 6.45) is 5.09. The predicted octanol–water partition coefficient (Wildman–Crippen LogP) is -0.292. The van der Waals surface area contributed by atoms with E-state index in [-0.39, 0.29) is 45.9 Å². The van der Waals surface area contributed by atoms with Crippen LogP contribution < -0.4 is 17.0 Å². The minimum atomic E-state index is -0.217. The van der Waals surface area contributed by atoms with E-state index >= 15 is 0 Å². The van der Waals surface area contributed by atoms with Crippen molar-refractivity contribution in [3.05, 3.63) is 35.6 Å². The summed E-state index contributed by atoms with van der Waals surface area (Å²) in [5, 5.41) is 0. The van der Waals surface area contributed by atoms with Gasteiger partial charge >= 0.3 is 23.1 Å². The smallest absolute Gasteiger partial charge is 1.00 e. The fourth-order valence-electron chi connectivity index (χ4n) is 1.82. The summed E-state index contributed by atoms with van der Waals surface area (Å²) >= 11 is 0. The van der Waals surface area contributed by atoms with Crippen LogP contribution in [-0.2, 0) is 11.3 Å². The van der Waals surface area contributed by atoms with Crippen molar-refractivity contribution in [3.63, 3.8) is 0 Å². The van der Waals surface area contributed by atoms with E-state index < -0.39 is 0 Å². The van der Waals surface area contributed by atoms with Gasteiger partial charge in [0, 0.05) is 5.82 Å². The molecule has 1 aromatic rings. The monoisotopic (exact) mass is 296 g/mol. The summed E-state index contributed by atoms with van der Waals surface area (Å²) in [7, 11) is 0. The molecule has 0 N–H and O–H groups in total. The van der Waals surface area contributed by atoms with Crippen molar-refractivity contribution in [2.45, 2.75) is 38.4 Å². The molecule has 0 aromatic heterocycles. The third-order valence-corrected chi connectivity index (χ3v) is 2.67. The van der Waals surface area contributed by atoms with E-state index in [2.05, 4.69) is 6.07 Å². The Morgan fingerprint density at radius 1 is 1.38 bits per heavy atom. The minimum absolute atomic E-state index is 0. The fraction of sp³-hybridized carbons (Fsp3) is 0.500. The van der Waals surface area contributed by atoms with Crippen molar-refractivity contribution in [2.24, 2.45) is 0 Å². The summed E-state index contributed by atoms with van der Waals surface area (Å²) in [5.74, 6) is -0.217. The summed E-state index contributed by atoms with van der Waals surface area (Å²) in [6.45, 7) is 0.394. The third kappa shape index (κ3) is 4.69. The van der Waals surface area contributed by atoms with Crippen LogP contribution in [0, 0.1) is 11.9 Å². The van der Waals surface area contributed by atoms with Gasteiger partial charge in [-0.3, -0.25) is 4.39 Å². The van der Waals surface area contributed by atoms with Crippen molar-refractivity contribution in [3.8, 4) is 0 Å². The molecule has 1 nitrogen and oxygen atoms in total. The van der Waals surface area contributed by atoms with Gasteiger partial charge in [0.25, 0.3) is 0 Å². The Bertz CT molecular complexity index is 303. The first kappa shape index (κ1) is 16.4. The van der Waals surface area contributed by atoms with Crippen LogP contribution in [-0.4, -0.2) is 29.2 Å². The van der Waals surface area contributed by atoms with Crippen LogP contribution in [0.2, 0.25) is 0 Å². The van der Waals surface area contributed by atoms with Gasteiger partial charge < -0.3 is 21.7 Å². The van der Waals surface area contributed by atoms with Gasteiger partial charge in [-0.25, -0.2) is 0 Å². The number of halogens is 2. The maximum Gasteiger partial charge on any atom is 2.00 e. The molecular weight excluding hydrogens is 283 g/mol. The molecule has 0 radical (unpaired) electrons. The molecule has 0 heterocycles. The van der Waals surface area contributed by atoms with E-state index in [0.29, 0.717) is 18.3 Å². The second-order valence-electron chi connectivity index (χ2n) is 3.73. The quantitative estimate of drug-likeness (QED) is 0.550. The first-order valence-corrected chi connectivity index (χ1v) is 5.12. The fourth-order valence-corrected chi connectivity index (χ4v) is 1.82. The van der Waals surface area contributed by atoms with Crippen molar-refractivity contribution in [1.82, 2.24) is 0 Å². The molecule has 0 spiro atoms. The topological polar surface area (TPSA) is 9.23 Å². The SMILES string of the molecule is Fc1c[c-]ccc1COC1CCCC1.[Br-].[Mg+2]. The molecule has 1 aliphatic rings. The molecule has 0 aliphatic heterocycles. The molecule has 1 aromatic carbocycles. The van der Waals surface area contributed by atoms with Crippen LogP contribution >= 0.6 is 0 Å². The van der Waals surface area contributed by atoms with Gasteiger partial charge in [0.05, 0.1) is 12.7 Å². The maximum atomic E-state index is 13.2.